The molecule has 0 saturated carbocycles. The van der Waals surface area contributed by atoms with Gasteiger partial charge in [0.2, 0.25) is 0 Å². The first-order valence-electron chi connectivity index (χ1n) is 12.4. The van der Waals surface area contributed by atoms with E-state index >= 15 is 0 Å². The second kappa shape index (κ2) is 11.1. The van der Waals surface area contributed by atoms with Crippen molar-refractivity contribution in [2.45, 2.75) is 59.2 Å². The summed E-state index contributed by atoms with van der Waals surface area (Å²) in [4.78, 5) is 17.7. The molecule has 0 aliphatic carbocycles. The Hall–Kier alpha value is -2.17. The zero-order valence-corrected chi connectivity index (χ0v) is 19.9. The van der Waals surface area contributed by atoms with E-state index in [9.17, 15) is 4.79 Å². The highest BCUT2D eigenvalue weighted by atomic mass is 16.1. The third-order valence-corrected chi connectivity index (χ3v) is 7.23. The van der Waals surface area contributed by atoms with Crippen LogP contribution in [0.3, 0.4) is 0 Å². The van der Waals surface area contributed by atoms with E-state index < -0.39 is 0 Å². The molecule has 4 rings (SSSR count). The zero-order chi connectivity index (χ0) is 22.3. The number of rotatable bonds is 7. The molecule has 1 amide bonds. The van der Waals surface area contributed by atoms with Crippen molar-refractivity contribution in [1.82, 2.24) is 15.1 Å². The van der Waals surface area contributed by atoms with Crippen molar-refractivity contribution in [2.75, 3.05) is 26.2 Å². The lowest BCUT2D eigenvalue weighted by molar-refractivity contribution is 0.0951. The van der Waals surface area contributed by atoms with Gasteiger partial charge in [-0.2, -0.15) is 0 Å². The average Bonchev–Trinajstić information content (AvgIpc) is 2.81. The Labute approximate surface area is 194 Å². The van der Waals surface area contributed by atoms with Gasteiger partial charge in [0.15, 0.2) is 0 Å². The van der Waals surface area contributed by atoms with Gasteiger partial charge in [0.1, 0.15) is 0 Å². The molecule has 0 spiro atoms. The van der Waals surface area contributed by atoms with Crippen LogP contribution in [0.25, 0.3) is 0 Å². The first-order chi connectivity index (χ1) is 15.5. The number of benzene rings is 2. The summed E-state index contributed by atoms with van der Waals surface area (Å²) in [5, 5.41) is 3.09. The number of nitrogens with one attached hydrogen (secondary N) is 1. The topological polar surface area (TPSA) is 35.6 Å². The Morgan fingerprint density at radius 2 is 1.31 bits per heavy atom. The summed E-state index contributed by atoms with van der Waals surface area (Å²) < 4.78 is 0. The van der Waals surface area contributed by atoms with Gasteiger partial charge in [-0.1, -0.05) is 50.2 Å². The number of carbonyl (C=O) groups excluding carboxylic acids is 1. The van der Waals surface area contributed by atoms with E-state index in [0.29, 0.717) is 6.54 Å². The van der Waals surface area contributed by atoms with Crippen molar-refractivity contribution in [3.63, 3.8) is 0 Å². The molecule has 2 aromatic carbocycles. The molecule has 2 aromatic rings. The fourth-order valence-corrected chi connectivity index (χ4v) is 4.84. The molecule has 2 aliphatic heterocycles. The molecule has 2 aliphatic rings. The molecule has 2 saturated heterocycles. The SMILES string of the molecule is CC1CCN(Cc2ccc(C(=O)NCc3cccc(CN4CCC(C)CC4)c3)cc2)CC1. The molecule has 0 aromatic heterocycles. The minimum absolute atomic E-state index is 0.00114. The number of hydrogen-bond donors (Lipinski definition) is 1. The largest absolute Gasteiger partial charge is 0.348 e. The van der Waals surface area contributed by atoms with Crippen LogP contribution < -0.4 is 5.32 Å². The van der Waals surface area contributed by atoms with Crippen LogP contribution in [-0.4, -0.2) is 41.9 Å². The zero-order valence-electron chi connectivity index (χ0n) is 19.9. The summed E-state index contributed by atoms with van der Waals surface area (Å²) in [6.07, 6.45) is 5.18. The molecule has 0 unspecified atom stereocenters. The molecular formula is C28H39N3O. The molecule has 172 valence electrons. The molecule has 4 nitrogen and oxygen atoms in total. The summed E-state index contributed by atoms with van der Waals surface area (Å²) in [5.41, 5.74) is 4.52. The van der Waals surface area contributed by atoms with Crippen LogP contribution in [0.15, 0.2) is 48.5 Å². The molecule has 2 fully saturated rings. The van der Waals surface area contributed by atoms with E-state index in [0.717, 1.165) is 36.1 Å². The first-order valence-corrected chi connectivity index (χ1v) is 12.4. The predicted octanol–water partition coefficient (Wildman–Crippen LogP) is 5.08. The second-order valence-electron chi connectivity index (χ2n) is 10.1. The molecule has 0 radical (unpaired) electrons. The lowest BCUT2D eigenvalue weighted by Gasteiger charge is -2.30. The van der Waals surface area contributed by atoms with Crippen LogP contribution in [0, 0.1) is 11.8 Å². The standard InChI is InChI=1S/C28H39N3O/c1-22-10-14-30(15-11-22)20-24-6-8-27(9-7-24)28(32)29-19-25-4-3-5-26(18-25)21-31-16-12-23(2)13-17-31/h3-9,18,22-23H,10-17,19-21H2,1-2H3,(H,29,32). The molecule has 32 heavy (non-hydrogen) atoms. The predicted molar refractivity (Wildman–Crippen MR) is 131 cm³/mol. The molecule has 4 heteroatoms. The number of hydrogen-bond acceptors (Lipinski definition) is 3. The highest BCUT2D eigenvalue weighted by molar-refractivity contribution is 5.94. The third kappa shape index (κ3) is 6.66. The monoisotopic (exact) mass is 433 g/mol. The van der Waals surface area contributed by atoms with Gasteiger partial charge in [0.05, 0.1) is 0 Å². The summed E-state index contributed by atoms with van der Waals surface area (Å²) in [6, 6.07) is 16.8. The van der Waals surface area contributed by atoms with Gasteiger partial charge in [-0.3, -0.25) is 14.6 Å². The summed E-state index contributed by atoms with van der Waals surface area (Å²) in [7, 11) is 0. The van der Waals surface area contributed by atoms with Crippen molar-refractivity contribution >= 4 is 5.91 Å². The maximum Gasteiger partial charge on any atom is 0.251 e. The van der Waals surface area contributed by atoms with Crippen LogP contribution >= 0.6 is 0 Å². The highest BCUT2D eigenvalue weighted by Gasteiger charge is 2.17. The van der Waals surface area contributed by atoms with E-state index in [1.807, 2.05) is 12.1 Å². The molecule has 2 heterocycles. The van der Waals surface area contributed by atoms with Crippen molar-refractivity contribution < 1.29 is 4.79 Å². The van der Waals surface area contributed by atoms with E-state index in [1.165, 1.54) is 63.0 Å². The number of carbonyl (C=O) groups is 1. The minimum Gasteiger partial charge on any atom is -0.348 e. The van der Waals surface area contributed by atoms with Gasteiger partial charge < -0.3 is 5.32 Å². The Bertz CT molecular complexity index is 863. The maximum absolute atomic E-state index is 12.7. The van der Waals surface area contributed by atoms with E-state index in [1.54, 1.807) is 0 Å². The quantitative estimate of drug-likeness (QED) is 0.661. The maximum atomic E-state index is 12.7. The molecule has 0 atom stereocenters. The van der Waals surface area contributed by atoms with Crippen molar-refractivity contribution in [3.8, 4) is 0 Å². The van der Waals surface area contributed by atoms with Gasteiger partial charge >= 0.3 is 0 Å². The van der Waals surface area contributed by atoms with Crippen LogP contribution in [0.5, 0.6) is 0 Å². The lowest BCUT2D eigenvalue weighted by Crippen LogP contribution is -2.32. The first kappa shape index (κ1) is 23.0. The summed E-state index contributed by atoms with van der Waals surface area (Å²) in [6.45, 7) is 12.0. The second-order valence-corrected chi connectivity index (χ2v) is 10.1. The van der Waals surface area contributed by atoms with Crippen LogP contribution in [0.2, 0.25) is 0 Å². The van der Waals surface area contributed by atoms with Crippen molar-refractivity contribution in [3.05, 3.63) is 70.8 Å². The van der Waals surface area contributed by atoms with Crippen molar-refractivity contribution in [2.24, 2.45) is 11.8 Å². The highest BCUT2D eigenvalue weighted by Crippen LogP contribution is 2.19. The van der Waals surface area contributed by atoms with Crippen LogP contribution in [0.4, 0.5) is 0 Å². The van der Waals surface area contributed by atoms with Gasteiger partial charge in [0.25, 0.3) is 5.91 Å². The minimum atomic E-state index is -0.00114. The number of likely N-dealkylation sites (tertiary alicyclic amines) is 2. The molecule has 0 bridgehead atoms. The van der Waals surface area contributed by atoms with E-state index in [-0.39, 0.29) is 5.91 Å². The van der Waals surface area contributed by atoms with Crippen molar-refractivity contribution in [1.29, 1.82) is 0 Å². The average molecular weight is 434 g/mol. The Morgan fingerprint density at radius 3 is 1.91 bits per heavy atom. The van der Waals surface area contributed by atoms with E-state index in [4.69, 9.17) is 0 Å². The molecule has 1 N–H and O–H groups in total. The normalized spacial score (nSPS) is 19.2. The van der Waals surface area contributed by atoms with Gasteiger partial charge in [0, 0.05) is 25.2 Å². The van der Waals surface area contributed by atoms with Gasteiger partial charge in [-0.15, -0.1) is 0 Å². The Balaban J connectivity index is 1.25. The fourth-order valence-electron chi connectivity index (χ4n) is 4.84. The smallest absolute Gasteiger partial charge is 0.251 e. The lowest BCUT2D eigenvalue weighted by atomic mass is 9.98. The third-order valence-electron chi connectivity index (χ3n) is 7.23. The molecular weight excluding hydrogens is 394 g/mol. The van der Waals surface area contributed by atoms with Crippen LogP contribution in [0.1, 0.15) is 66.6 Å². The number of nitrogens with zero attached hydrogens (tertiary/aromatic N) is 2. The Morgan fingerprint density at radius 1 is 0.781 bits per heavy atom. The summed E-state index contributed by atoms with van der Waals surface area (Å²) in [5.74, 6) is 1.71. The van der Waals surface area contributed by atoms with E-state index in [2.05, 4.69) is 65.4 Å². The van der Waals surface area contributed by atoms with Crippen LogP contribution in [-0.2, 0) is 19.6 Å². The fraction of sp³-hybridized carbons (Fsp3) is 0.536. The Kier molecular flexibility index (Phi) is 7.99. The number of amides is 1. The van der Waals surface area contributed by atoms with Gasteiger partial charge in [-0.25, -0.2) is 0 Å². The number of piperidine rings is 2. The summed E-state index contributed by atoms with van der Waals surface area (Å²) >= 11 is 0. The van der Waals surface area contributed by atoms with Gasteiger partial charge in [-0.05, 0) is 92.5 Å².